The van der Waals surface area contributed by atoms with Crippen molar-refractivity contribution < 1.29 is 4.74 Å². The van der Waals surface area contributed by atoms with Crippen molar-refractivity contribution in [2.24, 2.45) is 7.05 Å². The number of hydrogen-bond acceptors (Lipinski definition) is 3. The predicted molar refractivity (Wildman–Crippen MR) is 73.6 cm³/mol. The molecule has 4 nitrogen and oxygen atoms in total. The standard InChI is InChI=1S/C15H19N3O/c1-16-15(8-14-5-6-18(2)17-14)11-3-4-12-9-19-10-13(12)7-11/h3-7,15-16H,8-10H2,1-2H3. The lowest BCUT2D eigenvalue weighted by atomic mass is 9.98. The molecule has 2 aromatic rings. The van der Waals surface area contributed by atoms with Crippen LogP contribution in [0, 0.1) is 0 Å². The molecule has 0 aliphatic carbocycles. The maximum Gasteiger partial charge on any atom is 0.0725 e. The van der Waals surface area contributed by atoms with Crippen LogP contribution in [-0.2, 0) is 31.4 Å². The third kappa shape index (κ3) is 2.55. The Hall–Kier alpha value is -1.65. The first-order valence-corrected chi connectivity index (χ1v) is 6.61. The van der Waals surface area contributed by atoms with E-state index in [9.17, 15) is 0 Å². The number of aromatic nitrogens is 2. The summed E-state index contributed by atoms with van der Waals surface area (Å²) in [7, 11) is 3.95. The lowest BCUT2D eigenvalue weighted by Crippen LogP contribution is -2.19. The van der Waals surface area contributed by atoms with Crippen LogP contribution in [0.15, 0.2) is 30.5 Å². The second-order valence-corrected chi connectivity index (χ2v) is 5.05. The van der Waals surface area contributed by atoms with Gasteiger partial charge in [0.25, 0.3) is 0 Å². The van der Waals surface area contributed by atoms with Crippen LogP contribution in [0.3, 0.4) is 0 Å². The highest BCUT2D eigenvalue weighted by molar-refractivity contribution is 5.35. The van der Waals surface area contributed by atoms with Gasteiger partial charge in [-0.25, -0.2) is 0 Å². The number of rotatable bonds is 4. The lowest BCUT2D eigenvalue weighted by Gasteiger charge is -2.16. The van der Waals surface area contributed by atoms with E-state index in [1.54, 1.807) is 0 Å². The molecule has 1 unspecified atom stereocenters. The van der Waals surface area contributed by atoms with E-state index in [0.717, 1.165) is 25.3 Å². The van der Waals surface area contributed by atoms with Crippen LogP contribution >= 0.6 is 0 Å². The number of aryl methyl sites for hydroxylation is 1. The van der Waals surface area contributed by atoms with E-state index in [1.807, 2.05) is 25.0 Å². The van der Waals surface area contributed by atoms with Gasteiger partial charge in [-0.1, -0.05) is 18.2 Å². The van der Waals surface area contributed by atoms with Gasteiger partial charge in [-0.2, -0.15) is 5.10 Å². The van der Waals surface area contributed by atoms with Crippen molar-refractivity contribution in [3.63, 3.8) is 0 Å². The minimum atomic E-state index is 0.292. The van der Waals surface area contributed by atoms with Gasteiger partial charge in [-0.3, -0.25) is 4.68 Å². The van der Waals surface area contributed by atoms with Crippen LogP contribution < -0.4 is 5.32 Å². The summed E-state index contributed by atoms with van der Waals surface area (Å²) in [6.45, 7) is 1.49. The van der Waals surface area contributed by atoms with E-state index in [1.165, 1.54) is 16.7 Å². The van der Waals surface area contributed by atoms with Gasteiger partial charge < -0.3 is 10.1 Å². The molecule has 4 heteroatoms. The summed E-state index contributed by atoms with van der Waals surface area (Å²) in [4.78, 5) is 0. The molecule has 19 heavy (non-hydrogen) atoms. The summed E-state index contributed by atoms with van der Waals surface area (Å²) in [5.41, 5.74) is 5.05. The van der Waals surface area contributed by atoms with E-state index in [2.05, 4.69) is 34.7 Å². The number of likely N-dealkylation sites (N-methyl/N-ethyl adjacent to an activating group) is 1. The quantitative estimate of drug-likeness (QED) is 0.910. The average Bonchev–Trinajstić information content (AvgIpc) is 3.03. The topological polar surface area (TPSA) is 39.1 Å². The van der Waals surface area contributed by atoms with Gasteiger partial charge in [-0.05, 0) is 29.8 Å². The summed E-state index contributed by atoms with van der Waals surface area (Å²) >= 11 is 0. The molecule has 2 heterocycles. The highest BCUT2D eigenvalue weighted by atomic mass is 16.5. The Bertz CT molecular complexity index is 577. The van der Waals surface area contributed by atoms with Crippen LogP contribution in [0.5, 0.6) is 0 Å². The summed E-state index contributed by atoms with van der Waals surface area (Å²) in [6, 6.07) is 8.99. The fraction of sp³-hybridized carbons (Fsp3) is 0.400. The van der Waals surface area contributed by atoms with Crippen molar-refractivity contribution in [3.8, 4) is 0 Å². The SMILES string of the molecule is CNC(Cc1ccn(C)n1)c1ccc2c(c1)COC2. The zero-order valence-corrected chi connectivity index (χ0v) is 11.4. The van der Waals surface area contributed by atoms with E-state index < -0.39 is 0 Å². The molecule has 0 saturated heterocycles. The maximum absolute atomic E-state index is 5.47. The van der Waals surface area contributed by atoms with Crippen LogP contribution in [0.1, 0.15) is 28.4 Å². The first-order valence-electron chi connectivity index (χ1n) is 6.61. The summed E-state index contributed by atoms with van der Waals surface area (Å²) in [5, 5.41) is 7.83. The molecule has 0 fully saturated rings. The minimum Gasteiger partial charge on any atom is -0.372 e. The van der Waals surface area contributed by atoms with Gasteiger partial charge in [0.1, 0.15) is 0 Å². The van der Waals surface area contributed by atoms with Crippen molar-refractivity contribution in [1.29, 1.82) is 0 Å². The third-order valence-electron chi connectivity index (χ3n) is 3.68. The zero-order valence-electron chi connectivity index (χ0n) is 11.4. The molecule has 1 aromatic heterocycles. The van der Waals surface area contributed by atoms with Crippen LogP contribution in [-0.4, -0.2) is 16.8 Å². The van der Waals surface area contributed by atoms with Gasteiger partial charge in [-0.15, -0.1) is 0 Å². The lowest BCUT2D eigenvalue weighted by molar-refractivity contribution is 0.134. The van der Waals surface area contributed by atoms with Gasteiger partial charge >= 0.3 is 0 Å². The van der Waals surface area contributed by atoms with Crippen molar-refractivity contribution in [2.45, 2.75) is 25.7 Å². The van der Waals surface area contributed by atoms with Crippen molar-refractivity contribution in [3.05, 3.63) is 52.8 Å². The molecule has 0 bridgehead atoms. The highest BCUT2D eigenvalue weighted by Gasteiger charge is 2.16. The predicted octanol–water partition coefficient (Wildman–Crippen LogP) is 1.95. The molecule has 1 aliphatic rings. The molecule has 1 N–H and O–H groups in total. The number of ether oxygens (including phenoxy) is 1. The van der Waals surface area contributed by atoms with E-state index in [0.29, 0.717) is 6.04 Å². The molecular weight excluding hydrogens is 238 g/mol. The van der Waals surface area contributed by atoms with E-state index >= 15 is 0 Å². The molecule has 1 aromatic carbocycles. The largest absolute Gasteiger partial charge is 0.372 e. The van der Waals surface area contributed by atoms with E-state index in [4.69, 9.17) is 4.74 Å². The maximum atomic E-state index is 5.47. The second-order valence-electron chi connectivity index (χ2n) is 5.05. The molecule has 0 saturated carbocycles. The Morgan fingerprint density at radius 3 is 2.89 bits per heavy atom. The Morgan fingerprint density at radius 1 is 1.32 bits per heavy atom. The fourth-order valence-corrected chi connectivity index (χ4v) is 2.58. The van der Waals surface area contributed by atoms with Crippen LogP contribution in [0.4, 0.5) is 0 Å². The Labute approximate surface area is 113 Å². The average molecular weight is 257 g/mol. The second kappa shape index (κ2) is 5.15. The first kappa shape index (κ1) is 12.4. The molecule has 100 valence electrons. The van der Waals surface area contributed by atoms with Crippen LogP contribution in [0.2, 0.25) is 0 Å². The zero-order chi connectivity index (χ0) is 13.2. The fourth-order valence-electron chi connectivity index (χ4n) is 2.58. The van der Waals surface area contributed by atoms with Gasteiger partial charge in [0.15, 0.2) is 0 Å². The van der Waals surface area contributed by atoms with Gasteiger partial charge in [0, 0.05) is 25.7 Å². The minimum absolute atomic E-state index is 0.292. The first-order chi connectivity index (χ1) is 9.26. The number of hydrogen-bond donors (Lipinski definition) is 1. The summed E-state index contributed by atoms with van der Waals surface area (Å²) in [6.07, 6.45) is 2.88. The van der Waals surface area contributed by atoms with Gasteiger partial charge in [0.2, 0.25) is 0 Å². The number of fused-ring (bicyclic) bond motifs is 1. The summed E-state index contributed by atoms with van der Waals surface area (Å²) < 4.78 is 7.31. The van der Waals surface area contributed by atoms with Gasteiger partial charge in [0.05, 0.1) is 18.9 Å². The summed E-state index contributed by atoms with van der Waals surface area (Å²) in [5.74, 6) is 0. The van der Waals surface area contributed by atoms with E-state index in [-0.39, 0.29) is 0 Å². The number of nitrogens with zero attached hydrogens (tertiary/aromatic N) is 2. The Morgan fingerprint density at radius 2 is 2.16 bits per heavy atom. The molecule has 0 radical (unpaired) electrons. The molecule has 0 amide bonds. The van der Waals surface area contributed by atoms with Crippen molar-refractivity contribution in [1.82, 2.24) is 15.1 Å². The van der Waals surface area contributed by atoms with Crippen molar-refractivity contribution in [2.75, 3.05) is 7.05 Å². The number of benzene rings is 1. The molecule has 3 rings (SSSR count). The Balaban J connectivity index is 1.82. The third-order valence-corrected chi connectivity index (χ3v) is 3.68. The molecular formula is C15H19N3O. The smallest absolute Gasteiger partial charge is 0.0725 e. The van der Waals surface area contributed by atoms with Crippen molar-refractivity contribution >= 4 is 0 Å². The monoisotopic (exact) mass is 257 g/mol. The molecule has 0 spiro atoms. The Kier molecular flexibility index (Phi) is 3.36. The van der Waals surface area contributed by atoms with Crippen LogP contribution in [0.25, 0.3) is 0 Å². The normalized spacial score (nSPS) is 15.5. The highest BCUT2D eigenvalue weighted by Crippen LogP contribution is 2.25. The number of nitrogens with one attached hydrogen (secondary N) is 1. The molecule has 1 aliphatic heterocycles. The molecule has 1 atom stereocenters.